The minimum absolute atomic E-state index is 0. The Morgan fingerprint density at radius 2 is 0.907 bits per heavy atom. The van der Waals surface area contributed by atoms with Crippen LogP contribution in [0.5, 0.6) is 0 Å². The van der Waals surface area contributed by atoms with Crippen molar-refractivity contribution in [3.05, 3.63) is 29.3 Å². The molecule has 7 heteroatoms. The van der Waals surface area contributed by atoms with Gasteiger partial charge in [-0.25, -0.2) is 0 Å². The number of unbranched alkanes of at least 4 members (excludes halogenated alkanes) is 22. The Bertz CT molecular complexity index is 776. The van der Waals surface area contributed by atoms with Crippen LogP contribution in [0.3, 0.4) is 0 Å². The molecule has 0 radical (unpaired) electrons. The van der Waals surface area contributed by atoms with E-state index in [0.29, 0.717) is 0 Å². The second-order valence-corrected chi connectivity index (χ2v) is 12.7. The summed E-state index contributed by atoms with van der Waals surface area (Å²) in [7, 11) is 0. The Labute approximate surface area is 289 Å². The van der Waals surface area contributed by atoms with Crippen LogP contribution >= 0.6 is 24.4 Å². The third-order valence-electron chi connectivity index (χ3n) is 8.09. The molecule has 0 heterocycles. The number of thiocarbonyl (C=S) groups is 2. The molecule has 0 atom stereocenters. The maximum Gasteiger partial charge on any atom is 2.00 e. The Kier molecular flexibility index (Phi) is 35.2. The largest absolute Gasteiger partial charge is 2.00 e. The molecule has 0 amide bonds. The van der Waals surface area contributed by atoms with Gasteiger partial charge in [-0.2, -0.15) is 0 Å². The van der Waals surface area contributed by atoms with Crippen molar-refractivity contribution >= 4 is 40.5 Å². The molecule has 0 bridgehead atoms. The van der Waals surface area contributed by atoms with Gasteiger partial charge in [0.15, 0.2) is 0 Å². The van der Waals surface area contributed by atoms with E-state index < -0.39 is 5.17 Å². The zero-order chi connectivity index (χ0) is 31.1. The number of hydrogen-bond donors (Lipinski definition) is 2. The van der Waals surface area contributed by atoms with E-state index in [1.54, 1.807) is 0 Å². The normalized spacial score (nSPS) is 10.5. The number of benzene rings is 1. The molecule has 0 aliphatic carbocycles. The maximum atomic E-state index is 11.6. The number of nitrogens with one attached hydrogen (secondary N) is 1. The Hall–Kier alpha value is -0.777. The standard InChI is InChI=1S/C35H63NOS.CH3NOS.Zn/c1-3-5-7-9-11-13-15-17-19-21-23-25-28-32-29-27-31-34(36-35(37)38)33(32)30-26-24-22-20-18-16-14-12-10-8-6-4-2;2-1(3)4;/h27,29,31H,3-26,28,30H2,1-2H3,(H2,36,37,38);(H3,2,3,4);/q;;+2/p-2. The van der Waals surface area contributed by atoms with Gasteiger partial charge >= 0.3 is 19.5 Å². The van der Waals surface area contributed by atoms with E-state index in [1.807, 2.05) is 6.07 Å². The monoisotopic (exact) mass is 684 g/mol. The second-order valence-electron chi connectivity index (χ2n) is 12.0. The van der Waals surface area contributed by atoms with Gasteiger partial charge in [-0.15, -0.1) is 0 Å². The first-order valence-corrected chi connectivity index (χ1v) is 18.3. The summed E-state index contributed by atoms with van der Waals surface area (Å²) in [5.41, 5.74) is 7.99. The minimum Gasteiger partial charge on any atom is -0.852 e. The molecule has 1 aromatic carbocycles. The summed E-state index contributed by atoms with van der Waals surface area (Å²) in [5, 5.41) is 22.5. The van der Waals surface area contributed by atoms with E-state index in [0.717, 1.165) is 18.5 Å². The first-order chi connectivity index (χ1) is 20.4. The fourth-order valence-electron chi connectivity index (χ4n) is 5.69. The molecule has 0 aliphatic heterocycles. The van der Waals surface area contributed by atoms with Crippen LogP contribution in [-0.4, -0.2) is 10.3 Å². The topological polar surface area (TPSA) is 84.2 Å². The van der Waals surface area contributed by atoms with Crippen molar-refractivity contribution in [2.45, 2.75) is 181 Å². The SMILES string of the molecule is CCCCCCCCCCCCCCc1cccc(NC([O-])=S)c1CCCCCCCCCCCCCC.NC([O-])=S.[Zn+2]. The molecule has 1 aromatic rings. The zero-order valence-electron chi connectivity index (χ0n) is 28.0. The average molecular weight is 686 g/mol. The van der Waals surface area contributed by atoms with E-state index >= 15 is 0 Å². The minimum atomic E-state index is -0.750. The van der Waals surface area contributed by atoms with E-state index in [2.05, 4.69) is 49.2 Å². The summed E-state index contributed by atoms with van der Waals surface area (Å²) in [6.45, 7) is 4.57. The van der Waals surface area contributed by atoms with Crippen molar-refractivity contribution in [2.75, 3.05) is 5.32 Å². The molecule has 0 unspecified atom stereocenters. The van der Waals surface area contributed by atoms with Crippen molar-refractivity contribution in [1.82, 2.24) is 0 Å². The summed E-state index contributed by atoms with van der Waals surface area (Å²) in [4.78, 5) is 0. The van der Waals surface area contributed by atoms with Crippen LogP contribution in [0.15, 0.2) is 18.2 Å². The van der Waals surface area contributed by atoms with Gasteiger partial charge in [-0.3, -0.25) is 0 Å². The van der Waals surface area contributed by atoms with Gasteiger partial charge in [0.2, 0.25) is 0 Å². The second kappa shape index (κ2) is 34.1. The van der Waals surface area contributed by atoms with Crippen LogP contribution < -0.4 is 21.3 Å². The smallest absolute Gasteiger partial charge is 0.852 e. The van der Waals surface area contributed by atoms with Gasteiger partial charge in [0.25, 0.3) is 0 Å². The van der Waals surface area contributed by atoms with Crippen LogP contribution in [0.25, 0.3) is 0 Å². The molecule has 0 aromatic heterocycles. The Balaban J connectivity index is 0. The molecule has 0 spiro atoms. The van der Waals surface area contributed by atoms with Crippen molar-refractivity contribution in [1.29, 1.82) is 0 Å². The van der Waals surface area contributed by atoms with Crippen molar-refractivity contribution < 1.29 is 29.7 Å². The molecule has 0 fully saturated rings. The first-order valence-electron chi connectivity index (χ1n) is 17.5. The molecule has 0 saturated heterocycles. The van der Waals surface area contributed by atoms with Crippen molar-refractivity contribution in [3.8, 4) is 0 Å². The van der Waals surface area contributed by atoms with E-state index in [4.69, 9.17) is 17.3 Å². The first kappa shape index (κ1) is 44.3. The van der Waals surface area contributed by atoms with Crippen LogP contribution in [-0.2, 0) is 32.3 Å². The van der Waals surface area contributed by atoms with E-state index in [1.165, 1.54) is 165 Å². The molecule has 0 aliphatic rings. The van der Waals surface area contributed by atoms with Crippen LogP contribution in [0.2, 0.25) is 0 Å². The fraction of sp³-hybridized carbons (Fsp3) is 0.778. The summed E-state index contributed by atoms with van der Waals surface area (Å²) in [5.74, 6) is 0. The predicted octanol–water partition coefficient (Wildman–Crippen LogP) is 9.82. The number of rotatable bonds is 27. The molecule has 3 N–H and O–H groups in total. The number of aryl methyl sites for hydroxylation is 1. The third-order valence-corrected chi connectivity index (χ3v) is 8.19. The van der Waals surface area contributed by atoms with Crippen LogP contribution in [0, 0.1) is 0 Å². The summed E-state index contributed by atoms with van der Waals surface area (Å²) >= 11 is 8.60. The summed E-state index contributed by atoms with van der Waals surface area (Å²) in [6.07, 6.45) is 35.1. The molecule has 4 nitrogen and oxygen atoms in total. The molecule has 244 valence electrons. The van der Waals surface area contributed by atoms with Crippen LogP contribution in [0.4, 0.5) is 5.69 Å². The van der Waals surface area contributed by atoms with E-state index in [9.17, 15) is 5.11 Å². The molecular formula is C36H64N2O2S2Zn. The van der Waals surface area contributed by atoms with Gasteiger partial charge in [-0.1, -0.05) is 192 Å². The van der Waals surface area contributed by atoms with Gasteiger partial charge in [-0.05, 0) is 42.9 Å². The van der Waals surface area contributed by atoms with Gasteiger partial charge in [0, 0.05) is 16.0 Å². The maximum absolute atomic E-state index is 11.6. The van der Waals surface area contributed by atoms with Gasteiger partial charge < -0.3 is 21.3 Å². The van der Waals surface area contributed by atoms with Gasteiger partial charge in [0.05, 0.1) is 0 Å². The number of hydrogen-bond acceptors (Lipinski definition) is 4. The molecule has 43 heavy (non-hydrogen) atoms. The Morgan fingerprint density at radius 3 is 1.26 bits per heavy atom. The van der Waals surface area contributed by atoms with Crippen molar-refractivity contribution in [2.24, 2.45) is 5.73 Å². The number of nitrogens with two attached hydrogens (primary N) is 1. The van der Waals surface area contributed by atoms with Crippen LogP contribution in [0.1, 0.15) is 179 Å². The van der Waals surface area contributed by atoms with E-state index in [-0.39, 0.29) is 24.7 Å². The summed E-state index contributed by atoms with van der Waals surface area (Å²) < 4.78 is 0. The average Bonchev–Trinajstić information content (AvgIpc) is 2.94. The zero-order valence-corrected chi connectivity index (χ0v) is 32.6. The molecular weight excluding hydrogens is 622 g/mol. The molecule has 0 saturated carbocycles. The van der Waals surface area contributed by atoms with Crippen molar-refractivity contribution in [3.63, 3.8) is 0 Å². The predicted molar refractivity (Wildman–Crippen MR) is 189 cm³/mol. The third kappa shape index (κ3) is 31.0. The quantitative estimate of drug-likeness (QED) is 0.0545. The van der Waals surface area contributed by atoms with Gasteiger partial charge in [0.1, 0.15) is 0 Å². The Morgan fingerprint density at radius 1 is 0.581 bits per heavy atom. The summed E-state index contributed by atoms with van der Waals surface area (Å²) in [6, 6.07) is 6.39. The fourth-order valence-corrected chi connectivity index (χ4v) is 5.80. The molecule has 1 rings (SSSR count). The number of anilines is 1.